The highest BCUT2D eigenvalue weighted by Crippen LogP contribution is 2.46. The highest BCUT2D eigenvalue weighted by atomic mass is 35.5. The summed E-state index contributed by atoms with van der Waals surface area (Å²) < 4.78 is 2.10. The van der Waals surface area contributed by atoms with Crippen molar-refractivity contribution in [2.75, 3.05) is 0 Å². The van der Waals surface area contributed by atoms with Gasteiger partial charge in [0, 0.05) is 18.0 Å². The molecule has 0 bridgehead atoms. The second-order valence-electron chi connectivity index (χ2n) is 8.82. The molecule has 1 aromatic heterocycles. The minimum absolute atomic E-state index is 0.0684. The second kappa shape index (κ2) is 9.48. The fraction of sp³-hybridized carbons (Fsp3) is 0.652. The smallest absolute Gasteiger partial charge is 0.165 e. The maximum absolute atomic E-state index is 9.65. The monoisotopic (exact) mass is 419 g/mol. The lowest BCUT2D eigenvalue weighted by atomic mass is 9.66. The van der Waals surface area contributed by atoms with Crippen LogP contribution in [0.2, 0.25) is 5.02 Å². The Hall–Kier alpha value is -1.59. The first-order valence-corrected chi connectivity index (χ1v) is 11.3. The zero-order valence-corrected chi connectivity index (χ0v) is 18.6. The number of halogens is 1. The van der Waals surface area contributed by atoms with Gasteiger partial charge in [0.05, 0.1) is 11.1 Å². The SMILES string of the molecule is CCCC1(c2nnc(-c3ccc(O)cc3Cl)n2C)CCC(CCCC(C)O)CC1. The molecular weight excluding hydrogens is 386 g/mol. The van der Waals surface area contributed by atoms with Crippen molar-refractivity contribution >= 4 is 11.6 Å². The number of nitrogens with zero attached hydrogens (tertiary/aromatic N) is 3. The van der Waals surface area contributed by atoms with Crippen molar-refractivity contribution in [3.8, 4) is 17.1 Å². The number of phenols is 1. The van der Waals surface area contributed by atoms with Gasteiger partial charge in [0.1, 0.15) is 11.6 Å². The molecule has 0 radical (unpaired) electrons. The molecule has 1 atom stereocenters. The van der Waals surface area contributed by atoms with E-state index < -0.39 is 0 Å². The van der Waals surface area contributed by atoms with E-state index in [4.69, 9.17) is 11.6 Å². The Morgan fingerprint density at radius 3 is 2.62 bits per heavy atom. The van der Waals surface area contributed by atoms with Gasteiger partial charge in [0.2, 0.25) is 0 Å². The first-order valence-electron chi connectivity index (χ1n) is 10.9. The van der Waals surface area contributed by atoms with Gasteiger partial charge in [-0.2, -0.15) is 0 Å². The standard InChI is InChI=1S/C23H34ClN3O2/c1-4-12-23(13-10-17(11-14-23)7-5-6-16(2)28)22-26-25-21(27(22)3)19-9-8-18(29)15-20(19)24/h8-9,15-17,28-29H,4-7,10-14H2,1-3H3. The van der Waals surface area contributed by atoms with Crippen molar-refractivity contribution in [2.45, 2.75) is 83.2 Å². The zero-order chi connectivity index (χ0) is 21.0. The summed E-state index contributed by atoms with van der Waals surface area (Å²) in [6.07, 6.45) is 9.95. The number of aromatic hydroxyl groups is 1. The highest BCUT2D eigenvalue weighted by molar-refractivity contribution is 6.33. The summed E-state index contributed by atoms with van der Waals surface area (Å²) in [6.45, 7) is 4.11. The zero-order valence-electron chi connectivity index (χ0n) is 17.9. The van der Waals surface area contributed by atoms with Crippen LogP contribution in [0.25, 0.3) is 11.4 Å². The van der Waals surface area contributed by atoms with E-state index in [1.165, 1.54) is 19.3 Å². The van der Waals surface area contributed by atoms with E-state index in [0.717, 1.165) is 61.7 Å². The Balaban J connectivity index is 1.79. The lowest BCUT2D eigenvalue weighted by Crippen LogP contribution is -2.34. The Labute approximate surface area is 179 Å². The van der Waals surface area contributed by atoms with Crippen LogP contribution in [-0.4, -0.2) is 31.1 Å². The molecule has 1 aliphatic rings. The minimum atomic E-state index is -0.193. The van der Waals surface area contributed by atoms with E-state index in [1.54, 1.807) is 18.2 Å². The molecule has 5 nitrogen and oxygen atoms in total. The van der Waals surface area contributed by atoms with Crippen molar-refractivity contribution < 1.29 is 10.2 Å². The first-order chi connectivity index (χ1) is 13.9. The minimum Gasteiger partial charge on any atom is -0.508 e. The van der Waals surface area contributed by atoms with Gasteiger partial charge in [0.15, 0.2) is 5.82 Å². The van der Waals surface area contributed by atoms with Gasteiger partial charge in [-0.05, 0) is 69.6 Å². The van der Waals surface area contributed by atoms with Gasteiger partial charge in [-0.15, -0.1) is 10.2 Å². The van der Waals surface area contributed by atoms with Crippen LogP contribution in [0.3, 0.4) is 0 Å². The van der Waals surface area contributed by atoms with Gasteiger partial charge in [-0.1, -0.05) is 37.8 Å². The van der Waals surface area contributed by atoms with E-state index >= 15 is 0 Å². The molecule has 0 amide bonds. The third-order valence-corrected chi connectivity index (χ3v) is 6.88. The maximum Gasteiger partial charge on any atom is 0.165 e. The molecule has 3 rings (SSSR count). The van der Waals surface area contributed by atoms with Crippen LogP contribution in [0.5, 0.6) is 5.75 Å². The predicted octanol–water partition coefficient (Wildman–Crippen LogP) is 5.62. The molecule has 0 aliphatic heterocycles. The molecule has 1 heterocycles. The third-order valence-electron chi connectivity index (χ3n) is 6.57. The van der Waals surface area contributed by atoms with Gasteiger partial charge >= 0.3 is 0 Å². The van der Waals surface area contributed by atoms with E-state index in [0.29, 0.717) is 5.02 Å². The number of hydrogen-bond acceptors (Lipinski definition) is 4. The second-order valence-corrected chi connectivity index (χ2v) is 9.23. The van der Waals surface area contributed by atoms with Crippen LogP contribution in [0, 0.1) is 5.92 Å². The predicted molar refractivity (Wildman–Crippen MR) is 117 cm³/mol. The lowest BCUT2D eigenvalue weighted by molar-refractivity contribution is 0.164. The van der Waals surface area contributed by atoms with E-state index in [-0.39, 0.29) is 17.3 Å². The Bertz CT molecular complexity index is 810. The highest BCUT2D eigenvalue weighted by Gasteiger charge is 2.40. The largest absolute Gasteiger partial charge is 0.508 e. The number of phenolic OH excluding ortho intramolecular Hbond substituents is 1. The molecule has 1 aliphatic carbocycles. The summed E-state index contributed by atoms with van der Waals surface area (Å²) in [7, 11) is 2.03. The summed E-state index contributed by atoms with van der Waals surface area (Å²) in [5.74, 6) is 2.70. The summed E-state index contributed by atoms with van der Waals surface area (Å²) in [5, 5.41) is 28.8. The van der Waals surface area contributed by atoms with Crippen molar-refractivity contribution in [3.05, 3.63) is 29.0 Å². The van der Waals surface area contributed by atoms with Crippen molar-refractivity contribution in [1.29, 1.82) is 0 Å². The van der Waals surface area contributed by atoms with E-state index in [1.807, 2.05) is 14.0 Å². The number of aromatic nitrogens is 3. The molecule has 0 saturated heterocycles. The Morgan fingerprint density at radius 1 is 1.28 bits per heavy atom. The molecule has 0 spiro atoms. The summed E-state index contributed by atoms with van der Waals surface area (Å²) in [4.78, 5) is 0. The molecule has 29 heavy (non-hydrogen) atoms. The van der Waals surface area contributed by atoms with E-state index in [9.17, 15) is 10.2 Å². The molecule has 1 unspecified atom stereocenters. The van der Waals surface area contributed by atoms with Crippen LogP contribution >= 0.6 is 11.6 Å². The molecule has 2 N–H and O–H groups in total. The average Bonchev–Trinajstić information content (AvgIpc) is 3.05. The van der Waals surface area contributed by atoms with Crippen LogP contribution < -0.4 is 0 Å². The topological polar surface area (TPSA) is 71.2 Å². The van der Waals surface area contributed by atoms with E-state index in [2.05, 4.69) is 21.7 Å². The number of rotatable bonds is 8. The molecule has 1 fully saturated rings. The summed E-state index contributed by atoms with van der Waals surface area (Å²) in [6, 6.07) is 4.98. The fourth-order valence-electron chi connectivity index (χ4n) is 5.00. The molecule has 1 aromatic carbocycles. The van der Waals surface area contributed by atoms with Crippen molar-refractivity contribution in [2.24, 2.45) is 13.0 Å². The van der Waals surface area contributed by atoms with Gasteiger partial charge in [-0.3, -0.25) is 0 Å². The van der Waals surface area contributed by atoms with Crippen LogP contribution in [0.15, 0.2) is 18.2 Å². The summed E-state index contributed by atoms with van der Waals surface area (Å²) in [5.41, 5.74) is 0.864. The van der Waals surface area contributed by atoms with Crippen molar-refractivity contribution in [1.82, 2.24) is 14.8 Å². The number of aliphatic hydroxyl groups is 1. The lowest BCUT2D eigenvalue weighted by Gasteiger charge is -2.39. The van der Waals surface area contributed by atoms with Crippen LogP contribution in [0.1, 0.15) is 77.5 Å². The van der Waals surface area contributed by atoms with Crippen LogP contribution in [0.4, 0.5) is 0 Å². The van der Waals surface area contributed by atoms with Crippen LogP contribution in [-0.2, 0) is 12.5 Å². The molecular formula is C23H34ClN3O2. The fourth-order valence-corrected chi connectivity index (χ4v) is 5.25. The normalized spacial score (nSPS) is 23.3. The Kier molecular flexibility index (Phi) is 7.23. The quantitative estimate of drug-likeness (QED) is 0.582. The molecule has 160 valence electrons. The Morgan fingerprint density at radius 2 is 2.00 bits per heavy atom. The number of benzene rings is 1. The van der Waals surface area contributed by atoms with Gasteiger partial charge < -0.3 is 14.8 Å². The van der Waals surface area contributed by atoms with Gasteiger partial charge in [-0.25, -0.2) is 0 Å². The summed E-state index contributed by atoms with van der Waals surface area (Å²) >= 11 is 6.36. The average molecular weight is 420 g/mol. The van der Waals surface area contributed by atoms with Gasteiger partial charge in [0.25, 0.3) is 0 Å². The molecule has 6 heteroatoms. The molecule has 1 saturated carbocycles. The number of aliphatic hydroxyl groups excluding tert-OH is 1. The maximum atomic E-state index is 9.65. The first kappa shape index (κ1) is 22.1. The molecule has 2 aromatic rings. The van der Waals surface area contributed by atoms with Crippen molar-refractivity contribution in [3.63, 3.8) is 0 Å². The third kappa shape index (κ3) is 4.95. The number of hydrogen-bond donors (Lipinski definition) is 2.